The summed E-state index contributed by atoms with van der Waals surface area (Å²) in [6, 6.07) is 13.1. The molecule has 2 aromatic heterocycles. The van der Waals surface area contributed by atoms with Crippen LogP contribution >= 0.6 is 0 Å². The van der Waals surface area contributed by atoms with E-state index >= 15 is 0 Å². The van der Waals surface area contributed by atoms with Crippen LogP contribution in [0.4, 0.5) is 0 Å². The average Bonchev–Trinajstić information content (AvgIpc) is 2.47. The molecule has 0 unspecified atom stereocenters. The Hall–Kier alpha value is -2.75. The monoisotopic (exact) mass is 249 g/mol. The molecule has 0 radical (unpaired) electrons. The SMILES string of the molecule is NC(=O)c1ccnc(-c2cnc3ccccc3c2)c1. The second-order valence-electron chi connectivity index (χ2n) is 4.21. The van der Waals surface area contributed by atoms with Crippen LogP contribution in [0, 0.1) is 0 Å². The van der Waals surface area contributed by atoms with Crippen LogP contribution in [-0.2, 0) is 0 Å². The first-order valence-electron chi connectivity index (χ1n) is 5.85. The molecule has 19 heavy (non-hydrogen) atoms. The molecule has 0 fully saturated rings. The molecule has 0 aliphatic heterocycles. The Morgan fingerprint density at radius 3 is 2.74 bits per heavy atom. The van der Waals surface area contributed by atoms with E-state index in [1.54, 1.807) is 24.5 Å². The van der Waals surface area contributed by atoms with Gasteiger partial charge < -0.3 is 5.73 Å². The van der Waals surface area contributed by atoms with E-state index in [1.165, 1.54) is 0 Å². The Balaban J connectivity index is 2.13. The van der Waals surface area contributed by atoms with Crippen molar-refractivity contribution in [3.8, 4) is 11.3 Å². The van der Waals surface area contributed by atoms with Gasteiger partial charge in [-0.1, -0.05) is 18.2 Å². The minimum atomic E-state index is -0.461. The normalized spacial score (nSPS) is 10.5. The molecule has 4 nitrogen and oxygen atoms in total. The summed E-state index contributed by atoms with van der Waals surface area (Å²) < 4.78 is 0. The van der Waals surface area contributed by atoms with Crippen LogP contribution in [0.5, 0.6) is 0 Å². The minimum Gasteiger partial charge on any atom is -0.366 e. The Labute approximate surface area is 109 Å². The van der Waals surface area contributed by atoms with Gasteiger partial charge in [0.25, 0.3) is 0 Å². The lowest BCUT2D eigenvalue weighted by Gasteiger charge is -2.04. The molecule has 0 aliphatic rings. The summed E-state index contributed by atoms with van der Waals surface area (Å²) in [4.78, 5) is 19.8. The van der Waals surface area contributed by atoms with Gasteiger partial charge in [-0.05, 0) is 24.3 Å². The number of hydrogen-bond donors (Lipinski definition) is 1. The summed E-state index contributed by atoms with van der Waals surface area (Å²) in [7, 11) is 0. The number of carbonyl (C=O) groups is 1. The van der Waals surface area contributed by atoms with Gasteiger partial charge in [0.2, 0.25) is 5.91 Å². The van der Waals surface area contributed by atoms with Crippen LogP contribution in [-0.4, -0.2) is 15.9 Å². The highest BCUT2D eigenvalue weighted by molar-refractivity contribution is 5.94. The number of hydrogen-bond acceptors (Lipinski definition) is 3. The number of nitrogens with two attached hydrogens (primary N) is 1. The molecule has 0 saturated heterocycles. The van der Waals surface area contributed by atoms with Gasteiger partial charge in [-0.15, -0.1) is 0 Å². The van der Waals surface area contributed by atoms with Crippen molar-refractivity contribution in [2.24, 2.45) is 5.73 Å². The zero-order chi connectivity index (χ0) is 13.2. The summed E-state index contributed by atoms with van der Waals surface area (Å²) in [5.41, 5.74) is 8.19. The second kappa shape index (κ2) is 4.49. The predicted octanol–water partition coefficient (Wildman–Crippen LogP) is 2.40. The van der Waals surface area contributed by atoms with Crippen LogP contribution in [0.15, 0.2) is 54.9 Å². The molecule has 2 heterocycles. The number of aromatic nitrogens is 2. The van der Waals surface area contributed by atoms with E-state index in [1.807, 2.05) is 30.3 Å². The topological polar surface area (TPSA) is 68.9 Å². The zero-order valence-electron chi connectivity index (χ0n) is 10.1. The van der Waals surface area contributed by atoms with Crippen molar-refractivity contribution in [2.75, 3.05) is 0 Å². The fourth-order valence-corrected chi connectivity index (χ4v) is 1.95. The molecule has 4 heteroatoms. The standard InChI is InChI=1S/C15H11N3O/c16-15(19)11-5-6-17-14(8-11)12-7-10-3-1-2-4-13(10)18-9-12/h1-9H,(H2,16,19). The average molecular weight is 249 g/mol. The molecule has 0 atom stereocenters. The molecule has 0 aliphatic carbocycles. The lowest BCUT2D eigenvalue weighted by Crippen LogP contribution is -2.10. The Kier molecular flexibility index (Phi) is 2.68. The molecule has 2 N–H and O–H groups in total. The highest BCUT2D eigenvalue weighted by Crippen LogP contribution is 2.21. The van der Waals surface area contributed by atoms with E-state index in [0.717, 1.165) is 16.5 Å². The number of benzene rings is 1. The van der Waals surface area contributed by atoms with Crippen LogP contribution < -0.4 is 5.73 Å². The maximum Gasteiger partial charge on any atom is 0.248 e. The van der Waals surface area contributed by atoms with Crippen LogP contribution in [0.25, 0.3) is 22.2 Å². The third-order valence-corrected chi connectivity index (χ3v) is 2.93. The summed E-state index contributed by atoms with van der Waals surface area (Å²) in [6.45, 7) is 0. The quantitative estimate of drug-likeness (QED) is 0.758. The van der Waals surface area contributed by atoms with Crippen molar-refractivity contribution >= 4 is 16.8 Å². The summed E-state index contributed by atoms with van der Waals surface area (Å²) in [5, 5.41) is 1.03. The second-order valence-corrected chi connectivity index (χ2v) is 4.21. The summed E-state index contributed by atoms with van der Waals surface area (Å²) in [6.07, 6.45) is 3.32. The number of nitrogens with zero attached hydrogens (tertiary/aromatic N) is 2. The Bertz CT molecular complexity index is 768. The number of rotatable bonds is 2. The number of pyridine rings is 2. The van der Waals surface area contributed by atoms with Crippen molar-refractivity contribution < 1.29 is 4.79 Å². The molecular formula is C15H11N3O. The van der Waals surface area contributed by atoms with Crippen LogP contribution in [0.2, 0.25) is 0 Å². The van der Waals surface area contributed by atoms with Crippen LogP contribution in [0.1, 0.15) is 10.4 Å². The van der Waals surface area contributed by atoms with Gasteiger partial charge in [-0.25, -0.2) is 0 Å². The Morgan fingerprint density at radius 2 is 1.89 bits per heavy atom. The minimum absolute atomic E-state index is 0.443. The molecule has 1 amide bonds. The fraction of sp³-hybridized carbons (Fsp3) is 0. The largest absolute Gasteiger partial charge is 0.366 e. The molecule has 3 rings (SSSR count). The van der Waals surface area contributed by atoms with Crippen molar-refractivity contribution in [2.45, 2.75) is 0 Å². The highest BCUT2D eigenvalue weighted by Gasteiger charge is 2.05. The lowest BCUT2D eigenvalue weighted by atomic mass is 10.1. The first kappa shape index (κ1) is 11.3. The van der Waals surface area contributed by atoms with Gasteiger partial charge in [0.1, 0.15) is 0 Å². The number of para-hydroxylation sites is 1. The van der Waals surface area contributed by atoms with Crippen LogP contribution in [0.3, 0.4) is 0 Å². The van der Waals surface area contributed by atoms with Gasteiger partial charge in [0, 0.05) is 28.9 Å². The predicted molar refractivity (Wildman–Crippen MR) is 73.5 cm³/mol. The maximum absolute atomic E-state index is 11.2. The first-order chi connectivity index (χ1) is 9.24. The molecule has 92 valence electrons. The third-order valence-electron chi connectivity index (χ3n) is 2.93. The highest BCUT2D eigenvalue weighted by atomic mass is 16.1. The van der Waals surface area contributed by atoms with Gasteiger partial charge in [-0.3, -0.25) is 14.8 Å². The molecule has 0 saturated carbocycles. The smallest absolute Gasteiger partial charge is 0.248 e. The summed E-state index contributed by atoms with van der Waals surface area (Å²) in [5.74, 6) is -0.461. The summed E-state index contributed by atoms with van der Waals surface area (Å²) >= 11 is 0. The van der Waals surface area contributed by atoms with Crippen molar-refractivity contribution in [1.29, 1.82) is 0 Å². The number of carbonyl (C=O) groups excluding carboxylic acids is 1. The van der Waals surface area contributed by atoms with E-state index in [9.17, 15) is 4.79 Å². The molecule has 0 bridgehead atoms. The van der Waals surface area contributed by atoms with Gasteiger partial charge in [0.15, 0.2) is 0 Å². The van der Waals surface area contributed by atoms with E-state index in [-0.39, 0.29) is 0 Å². The maximum atomic E-state index is 11.2. The van der Waals surface area contributed by atoms with E-state index < -0.39 is 5.91 Å². The van der Waals surface area contributed by atoms with Gasteiger partial charge >= 0.3 is 0 Å². The number of fused-ring (bicyclic) bond motifs is 1. The first-order valence-corrected chi connectivity index (χ1v) is 5.85. The number of primary amides is 1. The van der Waals surface area contributed by atoms with E-state index in [4.69, 9.17) is 5.73 Å². The van der Waals surface area contributed by atoms with Crippen molar-refractivity contribution in [3.05, 3.63) is 60.4 Å². The zero-order valence-corrected chi connectivity index (χ0v) is 10.1. The van der Waals surface area contributed by atoms with Gasteiger partial charge in [0.05, 0.1) is 11.2 Å². The number of amides is 1. The van der Waals surface area contributed by atoms with Gasteiger partial charge in [-0.2, -0.15) is 0 Å². The van der Waals surface area contributed by atoms with E-state index in [0.29, 0.717) is 11.3 Å². The van der Waals surface area contributed by atoms with Crippen molar-refractivity contribution in [3.63, 3.8) is 0 Å². The molecular weight excluding hydrogens is 238 g/mol. The fourth-order valence-electron chi connectivity index (χ4n) is 1.95. The van der Waals surface area contributed by atoms with E-state index in [2.05, 4.69) is 9.97 Å². The molecule has 1 aromatic carbocycles. The van der Waals surface area contributed by atoms with Crippen molar-refractivity contribution in [1.82, 2.24) is 9.97 Å². The Morgan fingerprint density at radius 1 is 1.05 bits per heavy atom. The molecule has 0 spiro atoms. The molecule has 3 aromatic rings. The lowest BCUT2D eigenvalue weighted by molar-refractivity contribution is 0.1000. The third kappa shape index (κ3) is 2.15.